The van der Waals surface area contributed by atoms with Crippen LogP contribution in [0.1, 0.15) is 45.7 Å². The van der Waals surface area contributed by atoms with E-state index in [0.29, 0.717) is 11.5 Å². The van der Waals surface area contributed by atoms with E-state index in [1.54, 1.807) is 0 Å². The van der Waals surface area contributed by atoms with Crippen molar-refractivity contribution in [2.45, 2.75) is 40.2 Å². The van der Waals surface area contributed by atoms with Crippen LogP contribution in [0, 0.1) is 11.3 Å². The quantitative estimate of drug-likeness (QED) is 0.899. The minimum Gasteiger partial charge on any atom is -0.408 e. The number of H-pyrrole nitrogens is 1. The van der Waals surface area contributed by atoms with Crippen molar-refractivity contribution in [1.29, 1.82) is 0 Å². The molecule has 2 aromatic rings. The van der Waals surface area contributed by atoms with Crippen molar-refractivity contribution in [3.63, 3.8) is 0 Å². The highest BCUT2D eigenvalue weighted by Gasteiger charge is 2.24. The van der Waals surface area contributed by atoms with Crippen LogP contribution in [-0.4, -0.2) is 12.0 Å². The van der Waals surface area contributed by atoms with E-state index < -0.39 is 5.76 Å². The largest absolute Gasteiger partial charge is 0.417 e. The lowest BCUT2D eigenvalue weighted by Gasteiger charge is -2.31. The van der Waals surface area contributed by atoms with Crippen molar-refractivity contribution in [2.24, 2.45) is 11.3 Å². The Morgan fingerprint density at radius 1 is 1.35 bits per heavy atom. The van der Waals surface area contributed by atoms with E-state index in [1.807, 2.05) is 25.2 Å². The molecule has 0 radical (unpaired) electrons. The second kappa shape index (κ2) is 5.44. The number of aromatic amines is 1. The summed E-state index contributed by atoms with van der Waals surface area (Å²) in [6.07, 6.45) is 1.04. The van der Waals surface area contributed by atoms with Crippen LogP contribution in [0.2, 0.25) is 0 Å². The van der Waals surface area contributed by atoms with Gasteiger partial charge in [-0.1, -0.05) is 33.8 Å². The number of benzene rings is 1. The third-order valence-corrected chi connectivity index (χ3v) is 4.26. The second-order valence-electron chi connectivity index (χ2n) is 6.61. The summed E-state index contributed by atoms with van der Waals surface area (Å²) in [7, 11) is 1.97. The zero-order valence-electron chi connectivity index (χ0n) is 12.9. The summed E-state index contributed by atoms with van der Waals surface area (Å²) in [4.78, 5) is 13.9. The van der Waals surface area contributed by atoms with E-state index in [4.69, 9.17) is 4.42 Å². The number of fused-ring (bicyclic) bond motifs is 1. The summed E-state index contributed by atoms with van der Waals surface area (Å²) in [5, 5.41) is 3.36. The van der Waals surface area contributed by atoms with E-state index in [1.165, 1.54) is 0 Å². The molecule has 0 bridgehead atoms. The van der Waals surface area contributed by atoms with Gasteiger partial charge in [0, 0.05) is 6.04 Å². The first-order valence-electron chi connectivity index (χ1n) is 7.11. The highest BCUT2D eigenvalue weighted by molar-refractivity contribution is 5.72. The van der Waals surface area contributed by atoms with E-state index >= 15 is 0 Å². The average molecular weight is 276 g/mol. The topological polar surface area (TPSA) is 58.0 Å². The fraction of sp³-hybridized carbons (Fsp3) is 0.562. The molecule has 110 valence electrons. The molecule has 0 amide bonds. The first-order valence-corrected chi connectivity index (χ1v) is 7.11. The summed E-state index contributed by atoms with van der Waals surface area (Å²) in [5.74, 6) is 0.176. The van der Waals surface area contributed by atoms with Crippen LogP contribution in [0.4, 0.5) is 0 Å². The van der Waals surface area contributed by atoms with E-state index in [0.717, 1.165) is 17.5 Å². The van der Waals surface area contributed by atoms with Crippen molar-refractivity contribution in [1.82, 2.24) is 10.3 Å². The lowest BCUT2D eigenvalue weighted by molar-refractivity contribution is 0.226. The van der Waals surface area contributed by atoms with Gasteiger partial charge in [0.25, 0.3) is 0 Å². The van der Waals surface area contributed by atoms with Crippen molar-refractivity contribution in [3.05, 3.63) is 34.3 Å². The molecule has 20 heavy (non-hydrogen) atoms. The minimum atomic E-state index is -0.402. The zero-order valence-corrected chi connectivity index (χ0v) is 12.9. The summed E-state index contributed by atoms with van der Waals surface area (Å²) in [5.41, 5.74) is 2.80. The molecular weight excluding hydrogens is 252 g/mol. The number of oxazole rings is 1. The van der Waals surface area contributed by atoms with Gasteiger partial charge < -0.3 is 9.73 Å². The smallest absolute Gasteiger partial charge is 0.408 e. The Kier molecular flexibility index (Phi) is 4.04. The molecule has 2 N–H and O–H groups in total. The van der Waals surface area contributed by atoms with Gasteiger partial charge in [-0.2, -0.15) is 0 Å². The standard InChI is InChI=1S/C16H24N2O2/c1-10(16(2,3)4)8-13(17-5)11-6-7-12-14(9-11)20-15(19)18-12/h6-7,9-10,13,17H,8H2,1-5H3,(H,18,19). The summed E-state index contributed by atoms with van der Waals surface area (Å²) >= 11 is 0. The monoisotopic (exact) mass is 276 g/mol. The lowest BCUT2D eigenvalue weighted by Crippen LogP contribution is -2.25. The molecule has 1 aromatic carbocycles. The molecule has 0 aliphatic heterocycles. The zero-order chi connectivity index (χ0) is 14.9. The number of hydrogen-bond donors (Lipinski definition) is 2. The highest BCUT2D eigenvalue weighted by Crippen LogP contribution is 2.33. The molecule has 1 heterocycles. The summed E-state index contributed by atoms with van der Waals surface area (Å²) < 4.78 is 5.14. The molecule has 2 unspecified atom stereocenters. The maximum Gasteiger partial charge on any atom is 0.417 e. The van der Waals surface area contributed by atoms with Crippen molar-refractivity contribution < 1.29 is 4.42 Å². The van der Waals surface area contributed by atoms with Crippen LogP contribution in [0.15, 0.2) is 27.4 Å². The van der Waals surface area contributed by atoms with Gasteiger partial charge in [0.05, 0.1) is 5.52 Å². The molecular formula is C16H24N2O2. The van der Waals surface area contributed by atoms with Crippen LogP contribution >= 0.6 is 0 Å². The van der Waals surface area contributed by atoms with Gasteiger partial charge in [-0.3, -0.25) is 4.98 Å². The third-order valence-electron chi connectivity index (χ3n) is 4.26. The third kappa shape index (κ3) is 3.12. The van der Waals surface area contributed by atoms with Crippen LogP contribution in [0.25, 0.3) is 11.1 Å². The Morgan fingerprint density at radius 3 is 2.65 bits per heavy atom. The number of hydrogen-bond acceptors (Lipinski definition) is 3. The summed E-state index contributed by atoms with van der Waals surface area (Å²) in [6, 6.07) is 6.16. The second-order valence-corrected chi connectivity index (χ2v) is 6.61. The Hall–Kier alpha value is -1.55. The van der Waals surface area contributed by atoms with E-state index in [-0.39, 0.29) is 11.5 Å². The maximum absolute atomic E-state index is 11.2. The van der Waals surface area contributed by atoms with Gasteiger partial charge in [0.2, 0.25) is 0 Å². The molecule has 4 nitrogen and oxygen atoms in total. The maximum atomic E-state index is 11.2. The molecule has 0 spiro atoms. The van der Waals surface area contributed by atoms with Gasteiger partial charge in [0.1, 0.15) is 0 Å². The molecule has 0 aliphatic carbocycles. The first-order chi connectivity index (χ1) is 9.31. The van der Waals surface area contributed by atoms with Crippen LogP contribution in [0.3, 0.4) is 0 Å². The van der Waals surface area contributed by atoms with Crippen molar-refractivity contribution in [2.75, 3.05) is 7.05 Å². The lowest BCUT2D eigenvalue weighted by atomic mass is 9.77. The van der Waals surface area contributed by atoms with Gasteiger partial charge in [0.15, 0.2) is 5.58 Å². The fourth-order valence-corrected chi connectivity index (χ4v) is 2.31. The van der Waals surface area contributed by atoms with Gasteiger partial charge >= 0.3 is 5.76 Å². The molecule has 0 fully saturated rings. The predicted molar refractivity (Wildman–Crippen MR) is 81.9 cm³/mol. The predicted octanol–water partition coefficient (Wildman–Crippen LogP) is 3.45. The Labute approximate surface area is 119 Å². The average Bonchev–Trinajstić information content (AvgIpc) is 2.73. The molecule has 0 saturated carbocycles. The Morgan fingerprint density at radius 2 is 2.05 bits per heavy atom. The summed E-state index contributed by atoms with van der Waals surface area (Å²) in [6.45, 7) is 9.07. The number of rotatable bonds is 4. The van der Waals surface area contributed by atoms with E-state index in [2.05, 4.69) is 38.0 Å². The molecule has 2 rings (SSSR count). The van der Waals surface area contributed by atoms with E-state index in [9.17, 15) is 4.79 Å². The van der Waals surface area contributed by atoms with Gasteiger partial charge in [-0.25, -0.2) is 4.79 Å². The van der Waals surface area contributed by atoms with Crippen molar-refractivity contribution >= 4 is 11.1 Å². The SMILES string of the molecule is CNC(CC(C)C(C)(C)C)c1ccc2[nH]c(=O)oc2c1. The van der Waals surface area contributed by atoms with Gasteiger partial charge in [-0.05, 0) is 42.5 Å². The number of aromatic nitrogens is 1. The fourth-order valence-electron chi connectivity index (χ4n) is 2.31. The normalized spacial score (nSPS) is 15.4. The van der Waals surface area contributed by atoms with Crippen LogP contribution in [-0.2, 0) is 0 Å². The van der Waals surface area contributed by atoms with Crippen LogP contribution in [0.5, 0.6) is 0 Å². The Balaban J connectivity index is 2.27. The molecule has 0 aliphatic rings. The molecule has 4 heteroatoms. The molecule has 2 atom stereocenters. The van der Waals surface area contributed by atoms with Gasteiger partial charge in [-0.15, -0.1) is 0 Å². The first kappa shape index (κ1) is 14.9. The molecule has 0 saturated heterocycles. The minimum absolute atomic E-state index is 0.258. The molecule has 1 aromatic heterocycles. The van der Waals surface area contributed by atoms with Crippen molar-refractivity contribution in [3.8, 4) is 0 Å². The Bertz CT molecular complexity index is 634. The number of nitrogens with one attached hydrogen (secondary N) is 2. The highest BCUT2D eigenvalue weighted by atomic mass is 16.4. The van der Waals surface area contributed by atoms with Crippen LogP contribution < -0.4 is 11.1 Å².